The Hall–Kier alpha value is -0.740. The van der Waals surface area contributed by atoms with Crippen LogP contribution in [0.25, 0.3) is 0 Å². The topological polar surface area (TPSA) is 20.2 Å². The molecule has 0 aliphatic heterocycles. The quantitative estimate of drug-likeness (QED) is 0.484. The standard InChI is InChI=1S/C10H16O/c1-5-7-9(11)10(3,4)8-6-2/h2,5,7,9,11H,8H2,1,3-4H3/b7-5+/t9-/m1/s1. The van der Waals surface area contributed by atoms with Crippen LogP contribution >= 0.6 is 0 Å². The van der Waals surface area contributed by atoms with Gasteiger partial charge in [-0.2, -0.15) is 0 Å². The summed E-state index contributed by atoms with van der Waals surface area (Å²) in [4.78, 5) is 0. The summed E-state index contributed by atoms with van der Waals surface area (Å²) in [6, 6.07) is 0. The van der Waals surface area contributed by atoms with Crippen LogP contribution in [0.4, 0.5) is 0 Å². The molecule has 1 heteroatoms. The molecule has 1 N–H and O–H groups in total. The summed E-state index contributed by atoms with van der Waals surface area (Å²) < 4.78 is 0. The normalized spacial score (nSPS) is 14.8. The van der Waals surface area contributed by atoms with Gasteiger partial charge in [-0.3, -0.25) is 0 Å². The van der Waals surface area contributed by atoms with Gasteiger partial charge in [-0.1, -0.05) is 26.0 Å². The molecule has 0 aromatic carbocycles. The van der Waals surface area contributed by atoms with Crippen molar-refractivity contribution in [2.24, 2.45) is 5.41 Å². The van der Waals surface area contributed by atoms with Crippen molar-refractivity contribution in [3.63, 3.8) is 0 Å². The van der Waals surface area contributed by atoms with E-state index in [4.69, 9.17) is 6.42 Å². The van der Waals surface area contributed by atoms with Crippen molar-refractivity contribution < 1.29 is 5.11 Å². The Morgan fingerprint density at radius 1 is 1.64 bits per heavy atom. The second-order valence-corrected chi connectivity index (χ2v) is 3.34. The summed E-state index contributed by atoms with van der Waals surface area (Å²) in [5.74, 6) is 2.55. The average Bonchev–Trinajstić information content (AvgIpc) is 1.88. The second-order valence-electron chi connectivity index (χ2n) is 3.34. The van der Waals surface area contributed by atoms with Crippen molar-refractivity contribution in [2.75, 3.05) is 0 Å². The molecular weight excluding hydrogens is 136 g/mol. The Bertz CT molecular complexity index is 172. The van der Waals surface area contributed by atoms with Gasteiger partial charge in [0.15, 0.2) is 0 Å². The first-order chi connectivity index (χ1) is 5.04. The molecule has 0 rings (SSSR count). The highest BCUT2D eigenvalue weighted by Gasteiger charge is 2.24. The van der Waals surface area contributed by atoms with Crippen LogP contribution in [-0.2, 0) is 0 Å². The lowest BCUT2D eigenvalue weighted by Gasteiger charge is -2.25. The van der Waals surface area contributed by atoms with Gasteiger partial charge in [0.2, 0.25) is 0 Å². The fourth-order valence-electron chi connectivity index (χ4n) is 0.810. The van der Waals surface area contributed by atoms with Gasteiger partial charge >= 0.3 is 0 Å². The van der Waals surface area contributed by atoms with E-state index in [9.17, 15) is 5.11 Å². The van der Waals surface area contributed by atoms with Gasteiger partial charge in [-0.05, 0) is 6.92 Å². The molecule has 0 unspecified atom stereocenters. The summed E-state index contributed by atoms with van der Waals surface area (Å²) in [5.41, 5.74) is -0.207. The third-order valence-corrected chi connectivity index (χ3v) is 1.73. The first-order valence-electron chi connectivity index (χ1n) is 3.79. The number of aliphatic hydroxyl groups is 1. The molecule has 0 amide bonds. The van der Waals surface area contributed by atoms with Crippen LogP contribution < -0.4 is 0 Å². The molecule has 0 aromatic heterocycles. The lowest BCUT2D eigenvalue weighted by molar-refractivity contribution is 0.0946. The summed E-state index contributed by atoms with van der Waals surface area (Å²) in [6.45, 7) is 5.80. The molecule has 0 aromatic rings. The Morgan fingerprint density at radius 3 is 2.55 bits per heavy atom. The van der Waals surface area contributed by atoms with E-state index in [0.717, 1.165) is 0 Å². The van der Waals surface area contributed by atoms with E-state index in [0.29, 0.717) is 6.42 Å². The lowest BCUT2D eigenvalue weighted by atomic mass is 9.83. The monoisotopic (exact) mass is 152 g/mol. The zero-order valence-corrected chi connectivity index (χ0v) is 7.46. The predicted molar refractivity (Wildman–Crippen MR) is 48.1 cm³/mol. The van der Waals surface area contributed by atoms with Crippen LogP contribution in [0.15, 0.2) is 12.2 Å². The number of hydrogen-bond donors (Lipinski definition) is 1. The Morgan fingerprint density at radius 2 is 2.18 bits per heavy atom. The summed E-state index contributed by atoms with van der Waals surface area (Å²) in [5, 5.41) is 9.53. The lowest BCUT2D eigenvalue weighted by Crippen LogP contribution is -2.26. The highest BCUT2D eigenvalue weighted by molar-refractivity contribution is 5.00. The Kier molecular flexibility index (Phi) is 3.92. The molecule has 11 heavy (non-hydrogen) atoms. The average molecular weight is 152 g/mol. The van der Waals surface area contributed by atoms with Crippen molar-refractivity contribution in [3.8, 4) is 12.3 Å². The molecule has 0 spiro atoms. The molecule has 0 heterocycles. The molecule has 0 aliphatic rings. The smallest absolute Gasteiger partial charge is 0.0780 e. The van der Waals surface area contributed by atoms with Crippen LogP contribution in [0.1, 0.15) is 27.2 Å². The van der Waals surface area contributed by atoms with Crippen molar-refractivity contribution in [2.45, 2.75) is 33.3 Å². The zero-order valence-electron chi connectivity index (χ0n) is 7.46. The molecule has 0 saturated carbocycles. The van der Waals surface area contributed by atoms with Crippen LogP contribution in [0.2, 0.25) is 0 Å². The van der Waals surface area contributed by atoms with Gasteiger partial charge in [0.1, 0.15) is 0 Å². The maximum absolute atomic E-state index is 9.53. The molecule has 1 nitrogen and oxygen atoms in total. The second kappa shape index (κ2) is 4.20. The number of aliphatic hydroxyl groups excluding tert-OH is 1. The number of rotatable bonds is 3. The molecule has 0 bridgehead atoms. The van der Waals surface area contributed by atoms with Crippen LogP contribution in [0, 0.1) is 17.8 Å². The number of terminal acetylenes is 1. The fraction of sp³-hybridized carbons (Fsp3) is 0.600. The Labute approximate surface area is 69.1 Å². The summed E-state index contributed by atoms with van der Waals surface area (Å²) >= 11 is 0. The SMILES string of the molecule is C#CCC(C)(C)[C@H](O)/C=C/C. The van der Waals surface area contributed by atoms with Crippen LogP contribution in [0.3, 0.4) is 0 Å². The highest BCUT2D eigenvalue weighted by Crippen LogP contribution is 2.25. The predicted octanol–water partition coefficient (Wildman–Crippen LogP) is 1.97. The third kappa shape index (κ3) is 3.25. The largest absolute Gasteiger partial charge is 0.388 e. The van der Waals surface area contributed by atoms with Gasteiger partial charge in [0.05, 0.1) is 6.10 Å². The van der Waals surface area contributed by atoms with Gasteiger partial charge in [-0.15, -0.1) is 12.3 Å². The van der Waals surface area contributed by atoms with Crippen molar-refractivity contribution in [1.29, 1.82) is 0 Å². The molecular formula is C10H16O. The maximum atomic E-state index is 9.53. The zero-order chi connectivity index (χ0) is 8.91. The van der Waals surface area contributed by atoms with Crippen molar-refractivity contribution in [1.82, 2.24) is 0 Å². The van der Waals surface area contributed by atoms with Gasteiger partial charge in [0.25, 0.3) is 0 Å². The minimum atomic E-state index is -0.441. The summed E-state index contributed by atoms with van der Waals surface area (Å²) in [7, 11) is 0. The highest BCUT2D eigenvalue weighted by atomic mass is 16.3. The van der Waals surface area contributed by atoms with Crippen molar-refractivity contribution >= 4 is 0 Å². The molecule has 0 radical (unpaired) electrons. The van der Waals surface area contributed by atoms with E-state index in [1.807, 2.05) is 26.8 Å². The number of hydrogen-bond acceptors (Lipinski definition) is 1. The minimum absolute atomic E-state index is 0.207. The third-order valence-electron chi connectivity index (χ3n) is 1.73. The van der Waals surface area contributed by atoms with Crippen molar-refractivity contribution in [3.05, 3.63) is 12.2 Å². The molecule has 0 fully saturated rings. The van der Waals surface area contributed by atoms with E-state index in [1.54, 1.807) is 6.08 Å². The van der Waals surface area contributed by atoms with E-state index in [-0.39, 0.29) is 5.41 Å². The summed E-state index contributed by atoms with van der Waals surface area (Å²) in [6.07, 6.45) is 8.92. The molecule has 0 aliphatic carbocycles. The number of allylic oxidation sites excluding steroid dienone is 1. The molecule has 0 saturated heterocycles. The van der Waals surface area contributed by atoms with E-state index in [1.165, 1.54) is 0 Å². The molecule has 62 valence electrons. The van der Waals surface area contributed by atoms with E-state index < -0.39 is 6.10 Å². The first kappa shape index (κ1) is 10.3. The first-order valence-corrected chi connectivity index (χ1v) is 3.79. The fourth-order valence-corrected chi connectivity index (χ4v) is 0.810. The van der Waals surface area contributed by atoms with E-state index >= 15 is 0 Å². The molecule has 1 atom stereocenters. The van der Waals surface area contributed by atoms with Crippen LogP contribution in [-0.4, -0.2) is 11.2 Å². The van der Waals surface area contributed by atoms with Gasteiger partial charge < -0.3 is 5.11 Å². The van der Waals surface area contributed by atoms with Gasteiger partial charge in [0, 0.05) is 11.8 Å². The van der Waals surface area contributed by atoms with E-state index in [2.05, 4.69) is 5.92 Å². The van der Waals surface area contributed by atoms with Crippen LogP contribution in [0.5, 0.6) is 0 Å². The Balaban J connectivity index is 4.18. The maximum Gasteiger partial charge on any atom is 0.0780 e. The minimum Gasteiger partial charge on any atom is -0.388 e. The van der Waals surface area contributed by atoms with Gasteiger partial charge in [-0.25, -0.2) is 0 Å².